The number of thioether (sulfide) groups is 1. The van der Waals surface area contributed by atoms with Gasteiger partial charge in [0.15, 0.2) is 25.2 Å². The Morgan fingerprint density at radius 1 is 0.542 bits per heavy atom. The molecule has 6 rings (SSSR count). The van der Waals surface area contributed by atoms with Crippen molar-refractivity contribution in [3.05, 3.63) is 0 Å². The fourth-order valence-corrected chi connectivity index (χ4v) is 11.8. The van der Waals surface area contributed by atoms with Gasteiger partial charge in [0.05, 0.1) is 78.2 Å². The summed E-state index contributed by atoms with van der Waals surface area (Å²) in [6.45, 7) is -0.0518. The molecule has 478 valence electrons. The van der Waals surface area contributed by atoms with Crippen molar-refractivity contribution in [1.29, 1.82) is 0 Å². The molecule has 0 radical (unpaired) electrons. The van der Waals surface area contributed by atoms with Gasteiger partial charge in [0.25, 0.3) is 0 Å². The molecule has 0 bridgehead atoms. The quantitative estimate of drug-likeness (QED) is 0.0214. The molecule has 0 aliphatic carbocycles. The third-order valence-electron chi connectivity index (χ3n) is 14.5. The number of hydrogen-bond acceptors (Lipinski definition) is 28. The SMILES string of the molecule is CC(=O)NC1C(OC2C(O)C(CO)OC(OC3C(CO)OC(OCCCNC(=O)COCCOCCOCCNC(=O)CCCCC4SCC5NC(=O)NC54)C(NC(C)=O)C3O)C2O)OC(CO)C(OC2OC(CO)C(O)C(O)C2O)C1O. The van der Waals surface area contributed by atoms with E-state index < -0.39 is 167 Å². The molecule has 6 fully saturated rings. The summed E-state index contributed by atoms with van der Waals surface area (Å²) in [6, 6.07) is -2.83. The molecule has 0 aromatic heterocycles. The predicted octanol–water partition coefficient (Wildman–Crippen LogP) is -9.04. The Balaban J connectivity index is 0.891. The van der Waals surface area contributed by atoms with Crippen LogP contribution in [0.1, 0.15) is 46.0 Å². The van der Waals surface area contributed by atoms with Gasteiger partial charge in [-0.2, -0.15) is 11.8 Å². The first kappa shape index (κ1) is 68.7. The lowest BCUT2D eigenvalue weighted by atomic mass is 9.94. The molecule has 0 spiro atoms. The van der Waals surface area contributed by atoms with Gasteiger partial charge in [-0.25, -0.2) is 4.79 Å². The maximum atomic E-state index is 12.4. The second-order valence-corrected chi connectivity index (χ2v) is 21.9. The minimum atomic E-state index is -2.08. The fraction of sp³-hybridized carbons (Fsp3) is 0.898. The zero-order valence-electron chi connectivity index (χ0n) is 46.1. The van der Waals surface area contributed by atoms with E-state index in [2.05, 4.69) is 31.9 Å². The minimum absolute atomic E-state index is 0.0483. The van der Waals surface area contributed by atoms with E-state index in [0.717, 1.165) is 38.9 Å². The summed E-state index contributed by atoms with van der Waals surface area (Å²) >= 11 is 1.85. The highest BCUT2D eigenvalue weighted by Crippen LogP contribution is 2.36. The van der Waals surface area contributed by atoms with Crippen LogP contribution in [0.15, 0.2) is 0 Å². The summed E-state index contributed by atoms with van der Waals surface area (Å²) in [5, 5.41) is 135. The Kier molecular flexibility index (Phi) is 28.4. The van der Waals surface area contributed by atoms with E-state index in [4.69, 9.17) is 52.1 Å². The van der Waals surface area contributed by atoms with Crippen molar-refractivity contribution >= 4 is 41.4 Å². The highest BCUT2D eigenvalue weighted by atomic mass is 32.2. The molecule has 6 amide bonds. The molecule has 6 aliphatic rings. The first-order chi connectivity index (χ1) is 39.8. The van der Waals surface area contributed by atoms with E-state index in [1.54, 1.807) is 0 Å². The van der Waals surface area contributed by atoms with E-state index in [1.807, 2.05) is 11.8 Å². The van der Waals surface area contributed by atoms with Gasteiger partial charge < -0.3 is 140 Å². The van der Waals surface area contributed by atoms with Crippen molar-refractivity contribution in [3.63, 3.8) is 0 Å². The zero-order valence-corrected chi connectivity index (χ0v) is 46.9. The molecular formula is C49H84N6O27S. The van der Waals surface area contributed by atoms with Gasteiger partial charge in [-0.15, -0.1) is 0 Å². The van der Waals surface area contributed by atoms with Crippen molar-refractivity contribution in [1.82, 2.24) is 31.9 Å². The number of aliphatic hydroxyl groups is 11. The second kappa shape index (κ2) is 34.2. The van der Waals surface area contributed by atoms with Gasteiger partial charge in [0.2, 0.25) is 23.6 Å². The molecule has 23 atom stereocenters. The molecule has 34 heteroatoms. The number of fused-ring (bicyclic) bond motifs is 1. The molecule has 83 heavy (non-hydrogen) atoms. The zero-order chi connectivity index (χ0) is 60.3. The van der Waals surface area contributed by atoms with E-state index >= 15 is 0 Å². The largest absolute Gasteiger partial charge is 0.394 e. The summed E-state index contributed by atoms with van der Waals surface area (Å²) in [6.07, 6.45) is -28.4. The van der Waals surface area contributed by atoms with Crippen molar-refractivity contribution in [2.75, 3.05) is 91.5 Å². The first-order valence-electron chi connectivity index (χ1n) is 27.7. The van der Waals surface area contributed by atoms with Crippen molar-refractivity contribution in [3.8, 4) is 0 Å². The predicted molar refractivity (Wildman–Crippen MR) is 278 cm³/mol. The van der Waals surface area contributed by atoms with E-state index in [-0.39, 0.29) is 76.6 Å². The molecule has 23 unspecified atom stereocenters. The number of unbranched alkanes of at least 4 members (excludes halogenated alkanes) is 1. The molecule has 33 nitrogen and oxygen atoms in total. The average Bonchev–Trinajstić information content (AvgIpc) is 4.23. The standard InChI is InChI=1S/C49H84N6O27S/c1-22(60)52-33-37(66)42(81-48-41(70)44(36(65)26(17-57)77-48)82-46-34(53-23(2)61)38(67)43(28(19-59)79-46)80-47-40(69)39(68)35(64)25(16-56)76-47)27(18-58)78-45(33)75-10-5-8-50-31(63)20-74-15-14-73-13-12-72-11-9-51-30(62)7-4-3-6-29-32-24(21-83-29)54-49(71)55-32/h24-29,32-48,56-59,64-70H,3-21H2,1-2H3,(H,50,63)(H,51,62)(H,52,60)(H,53,61)(H2,54,55,71). The average molecular weight is 1220 g/mol. The van der Waals surface area contributed by atoms with Crippen molar-refractivity contribution < 1.29 is 132 Å². The number of amides is 6. The Bertz CT molecular complexity index is 2020. The van der Waals surface area contributed by atoms with Crippen LogP contribution in [0.2, 0.25) is 0 Å². The maximum absolute atomic E-state index is 12.4. The third kappa shape index (κ3) is 19.3. The summed E-state index contributed by atoms with van der Waals surface area (Å²) in [7, 11) is 0. The molecular weight excluding hydrogens is 1140 g/mol. The molecule has 6 heterocycles. The van der Waals surface area contributed by atoms with Crippen molar-refractivity contribution in [2.24, 2.45) is 0 Å². The van der Waals surface area contributed by atoms with Gasteiger partial charge in [0.1, 0.15) is 104 Å². The molecule has 17 N–H and O–H groups in total. The van der Waals surface area contributed by atoms with Crippen LogP contribution in [0.5, 0.6) is 0 Å². The van der Waals surface area contributed by atoms with Crippen molar-refractivity contribution in [2.45, 2.75) is 186 Å². The first-order valence-corrected chi connectivity index (χ1v) is 28.7. The molecule has 0 aromatic rings. The number of ether oxygens (including phenoxy) is 11. The van der Waals surface area contributed by atoms with E-state index in [0.29, 0.717) is 24.8 Å². The number of rotatable bonds is 33. The normalized spacial score (nSPS) is 37.9. The second-order valence-electron chi connectivity index (χ2n) is 20.7. The topological polar surface area (TPSA) is 482 Å². The van der Waals surface area contributed by atoms with Gasteiger partial charge in [-0.05, 0) is 19.3 Å². The summed E-state index contributed by atoms with van der Waals surface area (Å²) in [4.78, 5) is 61.0. The Morgan fingerprint density at radius 3 is 1.69 bits per heavy atom. The van der Waals surface area contributed by atoms with Crippen LogP contribution in [0.25, 0.3) is 0 Å². The minimum Gasteiger partial charge on any atom is -0.394 e. The lowest BCUT2D eigenvalue weighted by molar-refractivity contribution is -0.377. The maximum Gasteiger partial charge on any atom is 0.315 e. The lowest BCUT2D eigenvalue weighted by Crippen LogP contribution is -2.70. The van der Waals surface area contributed by atoms with Gasteiger partial charge in [0, 0.05) is 44.4 Å². The van der Waals surface area contributed by atoms with Crippen LogP contribution in [0.3, 0.4) is 0 Å². The van der Waals surface area contributed by atoms with Crippen LogP contribution in [0.4, 0.5) is 4.79 Å². The number of urea groups is 1. The van der Waals surface area contributed by atoms with Gasteiger partial charge in [-0.1, -0.05) is 6.42 Å². The number of hydrogen-bond donors (Lipinski definition) is 17. The van der Waals surface area contributed by atoms with Gasteiger partial charge >= 0.3 is 6.03 Å². The van der Waals surface area contributed by atoms with E-state index in [1.165, 1.54) is 0 Å². The lowest BCUT2D eigenvalue weighted by Gasteiger charge is -2.50. The molecule has 0 saturated carbocycles. The fourth-order valence-electron chi connectivity index (χ4n) is 10.3. The smallest absolute Gasteiger partial charge is 0.315 e. The molecule has 6 saturated heterocycles. The Morgan fingerprint density at radius 2 is 1.07 bits per heavy atom. The van der Waals surface area contributed by atoms with E-state index in [9.17, 15) is 80.1 Å². The van der Waals surface area contributed by atoms with Crippen LogP contribution in [-0.2, 0) is 71.3 Å². The molecule has 0 aromatic carbocycles. The van der Waals surface area contributed by atoms with Crippen LogP contribution < -0.4 is 31.9 Å². The number of carbonyl (C=O) groups excluding carboxylic acids is 5. The Hall–Kier alpha value is -3.38. The number of nitrogens with one attached hydrogen (secondary N) is 6. The number of carbonyl (C=O) groups is 5. The highest BCUT2D eigenvalue weighted by Gasteiger charge is 2.56. The molecule has 6 aliphatic heterocycles. The summed E-state index contributed by atoms with van der Waals surface area (Å²) in [5.41, 5.74) is 0. The van der Waals surface area contributed by atoms with Crippen LogP contribution in [-0.4, -0.2) is 317 Å². The van der Waals surface area contributed by atoms with Crippen LogP contribution >= 0.6 is 11.8 Å². The third-order valence-corrected chi connectivity index (χ3v) is 16.1. The monoisotopic (exact) mass is 1220 g/mol. The van der Waals surface area contributed by atoms with Gasteiger partial charge in [-0.3, -0.25) is 19.2 Å². The Labute approximate surface area is 481 Å². The number of aliphatic hydroxyl groups excluding tert-OH is 11. The summed E-state index contributed by atoms with van der Waals surface area (Å²) in [5.74, 6) is -1.01. The highest BCUT2D eigenvalue weighted by molar-refractivity contribution is 8.00. The van der Waals surface area contributed by atoms with Crippen LogP contribution in [0, 0.1) is 0 Å². The summed E-state index contributed by atoms with van der Waals surface area (Å²) < 4.78 is 62.7.